The molecule has 0 aliphatic carbocycles. The molecular formula is C10H20N2. The van der Waals surface area contributed by atoms with E-state index in [-0.39, 0.29) is 0 Å². The Morgan fingerprint density at radius 2 is 2.08 bits per heavy atom. The van der Waals surface area contributed by atoms with E-state index in [1.54, 1.807) is 11.1 Å². The van der Waals surface area contributed by atoms with Crippen molar-refractivity contribution in [3.63, 3.8) is 0 Å². The molecule has 0 unspecified atom stereocenters. The summed E-state index contributed by atoms with van der Waals surface area (Å²) in [4.78, 5) is 2.51. The van der Waals surface area contributed by atoms with E-state index in [0.717, 1.165) is 6.54 Å². The van der Waals surface area contributed by atoms with Gasteiger partial charge in [0.2, 0.25) is 0 Å². The maximum absolute atomic E-state index is 3.18. The fourth-order valence-electron chi connectivity index (χ4n) is 1.55. The van der Waals surface area contributed by atoms with Crippen LogP contribution in [-0.4, -0.2) is 38.1 Å². The van der Waals surface area contributed by atoms with E-state index in [1.807, 2.05) is 7.05 Å². The highest BCUT2D eigenvalue weighted by molar-refractivity contribution is 5.14. The van der Waals surface area contributed by atoms with Crippen LogP contribution in [0.3, 0.4) is 0 Å². The largest absolute Gasteiger partial charge is 0.318 e. The van der Waals surface area contributed by atoms with E-state index in [4.69, 9.17) is 0 Å². The molecule has 1 aliphatic rings. The Kier molecular flexibility index (Phi) is 3.76. The van der Waals surface area contributed by atoms with Crippen molar-refractivity contribution >= 4 is 0 Å². The second-order valence-electron chi connectivity index (χ2n) is 3.69. The maximum Gasteiger partial charge on any atom is 0.0193 e. The zero-order valence-corrected chi connectivity index (χ0v) is 8.48. The molecule has 70 valence electrons. The van der Waals surface area contributed by atoms with Gasteiger partial charge in [0.25, 0.3) is 0 Å². The van der Waals surface area contributed by atoms with Crippen LogP contribution in [0.5, 0.6) is 0 Å². The molecule has 1 heterocycles. The lowest BCUT2D eigenvalue weighted by atomic mass is 10.0. The second-order valence-corrected chi connectivity index (χ2v) is 3.69. The van der Waals surface area contributed by atoms with Crippen LogP contribution in [0, 0.1) is 0 Å². The lowest BCUT2D eigenvalue weighted by molar-refractivity contribution is 0.287. The molecule has 0 saturated heterocycles. The summed E-state index contributed by atoms with van der Waals surface area (Å²) in [5.41, 5.74) is 3.16. The van der Waals surface area contributed by atoms with Crippen LogP contribution in [-0.2, 0) is 0 Å². The van der Waals surface area contributed by atoms with Gasteiger partial charge in [-0.1, -0.05) is 11.1 Å². The van der Waals surface area contributed by atoms with Crippen molar-refractivity contribution in [1.29, 1.82) is 0 Å². The summed E-state index contributed by atoms with van der Waals surface area (Å²) in [7, 11) is 2.01. The Labute approximate surface area is 75.6 Å². The van der Waals surface area contributed by atoms with Gasteiger partial charge in [-0.3, -0.25) is 4.90 Å². The first-order valence-electron chi connectivity index (χ1n) is 4.76. The third kappa shape index (κ3) is 2.61. The predicted molar refractivity (Wildman–Crippen MR) is 53.4 cm³/mol. The Balaban J connectivity index is 2.33. The van der Waals surface area contributed by atoms with Gasteiger partial charge in [0, 0.05) is 26.2 Å². The van der Waals surface area contributed by atoms with Crippen molar-refractivity contribution in [3.05, 3.63) is 11.1 Å². The molecule has 0 spiro atoms. The molecule has 1 rings (SSSR count). The molecule has 2 heteroatoms. The van der Waals surface area contributed by atoms with Gasteiger partial charge in [0.15, 0.2) is 0 Å². The van der Waals surface area contributed by atoms with Gasteiger partial charge in [0.1, 0.15) is 0 Å². The predicted octanol–water partition coefficient (Wildman–Crippen LogP) is 1.25. The fourth-order valence-corrected chi connectivity index (χ4v) is 1.55. The third-order valence-corrected chi connectivity index (χ3v) is 2.67. The standard InChI is InChI=1S/C10H20N2/c1-9-4-6-12(7-5-11-3)8-10(9)2/h11H,4-8H2,1-3H3. The number of nitrogens with zero attached hydrogens (tertiary/aromatic N) is 1. The molecule has 12 heavy (non-hydrogen) atoms. The molecule has 2 nitrogen and oxygen atoms in total. The molecule has 0 radical (unpaired) electrons. The highest BCUT2D eigenvalue weighted by atomic mass is 15.1. The minimum atomic E-state index is 1.10. The summed E-state index contributed by atoms with van der Waals surface area (Å²) in [6.45, 7) is 9.21. The molecule has 0 saturated carbocycles. The minimum absolute atomic E-state index is 1.10. The van der Waals surface area contributed by atoms with E-state index < -0.39 is 0 Å². The molecule has 0 fully saturated rings. The Morgan fingerprint density at radius 3 is 2.67 bits per heavy atom. The summed E-state index contributed by atoms with van der Waals surface area (Å²) >= 11 is 0. The number of hydrogen-bond acceptors (Lipinski definition) is 2. The van der Waals surface area contributed by atoms with Crippen molar-refractivity contribution in [2.24, 2.45) is 0 Å². The number of nitrogens with one attached hydrogen (secondary N) is 1. The van der Waals surface area contributed by atoms with E-state index in [2.05, 4.69) is 24.1 Å². The van der Waals surface area contributed by atoms with Crippen molar-refractivity contribution in [2.75, 3.05) is 33.2 Å². The van der Waals surface area contributed by atoms with E-state index >= 15 is 0 Å². The van der Waals surface area contributed by atoms with Crippen molar-refractivity contribution < 1.29 is 0 Å². The molecule has 0 aromatic carbocycles. The second kappa shape index (κ2) is 4.63. The van der Waals surface area contributed by atoms with Gasteiger partial charge in [-0.25, -0.2) is 0 Å². The molecule has 1 aliphatic heterocycles. The van der Waals surface area contributed by atoms with Gasteiger partial charge < -0.3 is 5.32 Å². The molecule has 0 bridgehead atoms. The van der Waals surface area contributed by atoms with Crippen LogP contribution >= 0.6 is 0 Å². The molecular weight excluding hydrogens is 148 g/mol. The first-order valence-corrected chi connectivity index (χ1v) is 4.76. The molecule has 0 aromatic heterocycles. The zero-order valence-electron chi connectivity index (χ0n) is 8.48. The van der Waals surface area contributed by atoms with Crippen LogP contribution < -0.4 is 5.32 Å². The van der Waals surface area contributed by atoms with Crippen molar-refractivity contribution in [1.82, 2.24) is 10.2 Å². The zero-order chi connectivity index (χ0) is 8.97. The van der Waals surface area contributed by atoms with Gasteiger partial charge in [0.05, 0.1) is 0 Å². The van der Waals surface area contributed by atoms with E-state index in [0.29, 0.717) is 0 Å². The minimum Gasteiger partial charge on any atom is -0.318 e. The SMILES string of the molecule is CNCCN1CCC(C)=C(C)C1. The summed E-state index contributed by atoms with van der Waals surface area (Å²) in [6, 6.07) is 0. The topological polar surface area (TPSA) is 15.3 Å². The van der Waals surface area contributed by atoms with E-state index in [1.165, 1.54) is 26.1 Å². The molecule has 0 amide bonds. The summed E-state index contributed by atoms with van der Waals surface area (Å²) in [5.74, 6) is 0. The average molecular weight is 168 g/mol. The van der Waals surface area contributed by atoms with Crippen LogP contribution in [0.1, 0.15) is 20.3 Å². The van der Waals surface area contributed by atoms with Gasteiger partial charge >= 0.3 is 0 Å². The smallest absolute Gasteiger partial charge is 0.0193 e. The maximum atomic E-state index is 3.18. The van der Waals surface area contributed by atoms with Gasteiger partial charge in [-0.15, -0.1) is 0 Å². The Hall–Kier alpha value is -0.340. The first-order chi connectivity index (χ1) is 5.74. The molecule has 1 N–H and O–H groups in total. The van der Waals surface area contributed by atoms with Crippen LogP contribution in [0.25, 0.3) is 0 Å². The summed E-state index contributed by atoms with van der Waals surface area (Å²) in [5, 5.41) is 3.18. The monoisotopic (exact) mass is 168 g/mol. The highest BCUT2D eigenvalue weighted by Crippen LogP contribution is 2.15. The van der Waals surface area contributed by atoms with Crippen LogP contribution in [0.2, 0.25) is 0 Å². The van der Waals surface area contributed by atoms with Crippen LogP contribution in [0.15, 0.2) is 11.1 Å². The summed E-state index contributed by atoms with van der Waals surface area (Å²) in [6.07, 6.45) is 1.26. The van der Waals surface area contributed by atoms with E-state index in [9.17, 15) is 0 Å². The first kappa shape index (κ1) is 9.75. The average Bonchev–Trinajstić information content (AvgIpc) is 2.07. The van der Waals surface area contributed by atoms with Crippen LogP contribution in [0.4, 0.5) is 0 Å². The molecule has 0 aromatic rings. The Morgan fingerprint density at radius 1 is 1.33 bits per heavy atom. The quantitative estimate of drug-likeness (QED) is 0.638. The normalized spacial score (nSPS) is 20.2. The number of likely N-dealkylation sites (N-methyl/N-ethyl adjacent to an activating group) is 1. The Bertz CT molecular complexity index is 173. The van der Waals surface area contributed by atoms with Crippen molar-refractivity contribution in [3.8, 4) is 0 Å². The lowest BCUT2D eigenvalue weighted by Gasteiger charge is -2.28. The number of rotatable bonds is 3. The number of hydrogen-bond donors (Lipinski definition) is 1. The van der Waals surface area contributed by atoms with Gasteiger partial charge in [-0.2, -0.15) is 0 Å². The van der Waals surface area contributed by atoms with Gasteiger partial charge in [-0.05, 0) is 27.3 Å². The molecule has 0 atom stereocenters. The van der Waals surface area contributed by atoms with Crippen molar-refractivity contribution in [2.45, 2.75) is 20.3 Å². The fraction of sp³-hybridized carbons (Fsp3) is 0.800. The highest BCUT2D eigenvalue weighted by Gasteiger charge is 2.12. The lowest BCUT2D eigenvalue weighted by Crippen LogP contribution is -2.35. The summed E-state index contributed by atoms with van der Waals surface area (Å²) < 4.78 is 0. The third-order valence-electron chi connectivity index (χ3n) is 2.67.